The predicted octanol–water partition coefficient (Wildman–Crippen LogP) is 3.68. The summed E-state index contributed by atoms with van der Waals surface area (Å²) in [5.74, 6) is 1.69. The van der Waals surface area contributed by atoms with Crippen LogP contribution in [-0.2, 0) is 4.79 Å². The Balaban J connectivity index is 1.33. The Kier molecular flexibility index (Phi) is 6.36. The Morgan fingerprint density at radius 2 is 1.86 bits per heavy atom. The molecule has 0 radical (unpaired) electrons. The molecule has 0 aliphatic carbocycles. The van der Waals surface area contributed by atoms with Gasteiger partial charge in [0.1, 0.15) is 11.4 Å². The molecule has 35 heavy (non-hydrogen) atoms. The number of carbonyl (C=O) groups is 1. The Morgan fingerprint density at radius 1 is 1.06 bits per heavy atom. The second-order valence-corrected chi connectivity index (χ2v) is 8.39. The molecule has 3 aromatic rings. The van der Waals surface area contributed by atoms with Crippen molar-refractivity contribution < 1.29 is 9.53 Å². The van der Waals surface area contributed by atoms with Crippen molar-refractivity contribution >= 4 is 40.4 Å². The lowest BCUT2D eigenvalue weighted by molar-refractivity contribution is -0.111. The van der Waals surface area contributed by atoms with Gasteiger partial charge in [0, 0.05) is 49.3 Å². The number of hydrogen-bond donors (Lipinski definition) is 4. The van der Waals surface area contributed by atoms with Crippen LogP contribution < -0.4 is 30.9 Å². The van der Waals surface area contributed by atoms with Gasteiger partial charge in [0.05, 0.1) is 6.67 Å². The van der Waals surface area contributed by atoms with Crippen molar-refractivity contribution in [2.75, 3.05) is 66.1 Å². The molecule has 0 spiro atoms. The minimum absolute atomic E-state index is 0.291. The number of benzene rings is 2. The van der Waals surface area contributed by atoms with Crippen LogP contribution in [-0.4, -0.2) is 60.7 Å². The molecule has 3 heterocycles. The first-order valence-corrected chi connectivity index (χ1v) is 11.5. The third-order valence-electron chi connectivity index (χ3n) is 5.89. The number of rotatable bonds is 7. The Hall–Kier alpha value is -4.31. The van der Waals surface area contributed by atoms with Gasteiger partial charge in [-0.3, -0.25) is 4.79 Å². The highest BCUT2D eigenvalue weighted by atomic mass is 16.5. The molecule has 0 saturated carbocycles. The van der Waals surface area contributed by atoms with Crippen molar-refractivity contribution in [2.45, 2.75) is 0 Å². The third-order valence-corrected chi connectivity index (χ3v) is 5.89. The Morgan fingerprint density at radius 3 is 2.63 bits per heavy atom. The van der Waals surface area contributed by atoms with Crippen molar-refractivity contribution in [3.63, 3.8) is 0 Å². The van der Waals surface area contributed by atoms with Gasteiger partial charge in [-0.1, -0.05) is 12.6 Å². The lowest BCUT2D eigenvalue weighted by Crippen LogP contribution is -2.44. The average Bonchev–Trinajstić information content (AvgIpc) is 3.34. The largest absolute Gasteiger partial charge is 0.437 e. The first-order chi connectivity index (χ1) is 17.1. The monoisotopic (exact) mass is 472 g/mol. The number of hydrogen-bond acceptors (Lipinski definition) is 9. The van der Waals surface area contributed by atoms with Crippen molar-refractivity contribution in [3.8, 4) is 11.6 Å². The summed E-state index contributed by atoms with van der Waals surface area (Å²) in [6.07, 6.45) is 1.22. The van der Waals surface area contributed by atoms with E-state index in [9.17, 15) is 4.79 Å². The fourth-order valence-electron chi connectivity index (χ4n) is 3.97. The van der Waals surface area contributed by atoms with E-state index >= 15 is 0 Å². The fourth-order valence-corrected chi connectivity index (χ4v) is 3.97. The number of piperazine rings is 1. The van der Waals surface area contributed by atoms with Gasteiger partial charge in [0.15, 0.2) is 5.82 Å². The smallest absolute Gasteiger partial charge is 0.250 e. The van der Waals surface area contributed by atoms with Crippen LogP contribution >= 0.6 is 0 Å². The molecule has 5 rings (SSSR count). The normalized spacial score (nSPS) is 14.9. The van der Waals surface area contributed by atoms with Gasteiger partial charge in [0.25, 0.3) is 0 Å². The van der Waals surface area contributed by atoms with Gasteiger partial charge in [-0.2, -0.15) is 9.97 Å². The number of amides is 1. The van der Waals surface area contributed by atoms with Crippen molar-refractivity contribution in [2.24, 2.45) is 0 Å². The quantitative estimate of drug-likeness (QED) is 0.383. The van der Waals surface area contributed by atoms with E-state index in [1.807, 2.05) is 12.1 Å². The van der Waals surface area contributed by atoms with Crippen molar-refractivity contribution in [3.05, 3.63) is 61.2 Å². The molecule has 1 aromatic heterocycles. The molecule has 0 atom stereocenters. The topological polar surface area (TPSA) is 107 Å². The SMILES string of the molecule is C=CC(=O)Nc1cccc(Oc2nc(Nc3ccc(N4CCN(C)CC4)cc3)nc3c2NCN3)c1. The lowest BCUT2D eigenvalue weighted by atomic mass is 10.2. The Labute approximate surface area is 204 Å². The summed E-state index contributed by atoms with van der Waals surface area (Å²) in [6.45, 7) is 8.18. The fraction of sp³-hybridized carbons (Fsp3) is 0.240. The summed E-state index contributed by atoms with van der Waals surface area (Å²) in [6, 6.07) is 15.4. The van der Waals surface area contributed by atoms with E-state index < -0.39 is 0 Å². The zero-order chi connectivity index (χ0) is 24.2. The van der Waals surface area contributed by atoms with E-state index in [0.717, 1.165) is 31.9 Å². The first-order valence-electron chi connectivity index (χ1n) is 11.5. The molecule has 10 heteroatoms. The van der Waals surface area contributed by atoms with Crippen molar-refractivity contribution in [1.82, 2.24) is 14.9 Å². The standard InChI is InChI=1S/C25H28N8O2/c1-3-21(34)28-18-5-4-6-20(15-18)35-24-22-23(27-16-26-22)30-25(31-24)29-17-7-9-19(10-8-17)33-13-11-32(2)12-14-33/h3-10,15,26H,1,11-14,16H2,2H3,(H,28,34)(H2,27,29,30,31). The number of nitrogens with one attached hydrogen (secondary N) is 4. The summed E-state index contributed by atoms with van der Waals surface area (Å²) in [7, 11) is 2.15. The Bertz CT molecular complexity index is 1220. The third kappa shape index (κ3) is 5.28. The van der Waals surface area contributed by atoms with Crippen LogP contribution in [0.2, 0.25) is 0 Å². The number of carbonyl (C=O) groups excluding carboxylic acids is 1. The highest BCUT2D eigenvalue weighted by Crippen LogP contribution is 2.37. The average molecular weight is 473 g/mol. The number of ether oxygens (including phenoxy) is 1. The van der Waals surface area contributed by atoms with Crippen LogP contribution in [0.1, 0.15) is 0 Å². The summed E-state index contributed by atoms with van der Waals surface area (Å²) >= 11 is 0. The molecule has 4 N–H and O–H groups in total. The predicted molar refractivity (Wildman–Crippen MR) is 139 cm³/mol. The number of nitrogens with zero attached hydrogens (tertiary/aromatic N) is 4. The van der Waals surface area contributed by atoms with Gasteiger partial charge < -0.3 is 35.8 Å². The first kappa shape index (κ1) is 22.5. The molecule has 1 saturated heterocycles. The van der Waals surface area contributed by atoms with Crippen LogP contribution in [0.4, 0.5) is 34.5 Å². The van der Waals surface area contributed by atoms with Gasteiger partial charge in [0.2, 0.25) is 17.7 Å². The number of aromatic nitrogens is 2. The van der Waals surface area contributed by atoms with Crippen LogP contribution in [0.3, 0.4) is 0 Å². The highest BCUT2D eigenvalue weighted by Gasteiger charge is 2.21. The second kappa shape index (κ2) is 9.90. The van der Waals surface area contributed by atoms with E-state index in [1.54, 1.807) is 24.3 Å². The van der Waals surface area contributed by atoms with E-state index in [2.05, 4.69) is 66.8 Å². The number of fused-ring (bicyclic) bond motifs is 1. The highest BCUT2D eigenvalue weighted by molar-refractivity contribution is 5.99. The molecule has 1 fully saturated rings. The molecule has 0 bridgehead atoms. The summed E-state index contributed by atoms with van der Waals surface area (Å²) in [4.78, 5) is 25.5. The molecule has 0 unspecified atom stereocenters. The lowest BCUT2D eigenvalue weighted by Gasteiger charge is -2.34. The second-order valence-electron chi connectivity index (χ2n) is 8.39. The zero-order valence-electron chi connectivity index (χ0n) is 19.5. The van der Waals surface area contributed by atoms with E-state index in [0.29, 0.717) is 41.4 Å². The maximum Gasteiger partial charge on any atom is 0.250 e. The van der Waals surface area contributed by atoms with Crippen LogP contribution in [0, 0.1) is 0 Å². The molecule has 2 aliphatic rings. The molecule has 180 valence electrons. The molecular formula is C25H28N8O2. The maximum atomic E-state index is 11.6. The number of anilines is 6. The van der Waals surface area contributed by atoms with E-state index in [4.69, 9.17) is 4.74 Å². The minimum Gasteiger partial charge on any atom is -0.437 e. The molecule has 10 nitrogen and oxygen atoms in total. The molecule has 2 aliphatic heterocycles. The van der Waals surface area contributed by atoms with E-state index in [-0.39, 0.29) is 5.91 Å². The maximum absolute atomic E-state index is 11.6. The van der Waals surface area contributed by atoms with Gasteiger partial charge in [-0.25, -0.2) is 0 Å². The molecule has 1 amide bonds. The van der Waals surface area contributed by atoms with Crippen LogP contribution in [0.25, 0.3) is 0 Å². The molecule has 2 aromatic carbocycles. The zero-order valence-corrected chi connectivity index (χ0v) is 19.5. The van der Waals surface area contributed by atoms with Crippen LogP contribution in [0.5, 0.6) is 11.6 Å². The summed E-state index contributed by atoms with van der Waals surface area (Å²) in [5.41, 5.74) is 3.37. The van der Waals surface area contributed by atoms with Gasteiger partial charge >= 0.3 is 0 Å². The number of likely N-dealkylation sites (N-methyl/N-ethyl adjacent to an activating group) is 1. The molecular weight excluding hydrogens is 444 g/mol. The van der Waals surface area contributed by atoms with Gasteiger partial charge in [-0.05, 0) is 49.5 Å². The summed E-state index contributed by atoms with van der Waals surface area (Å²) < 4.78 is 6.08. The minimum atomic E-state index is -0.291. The summed E-state index contributed by atoms with van der Waals surface area (Å²) in [5, 5.41) is 12.4. The van der Waals surface area contributed by atoms with Gasteiger partial charge in [-0.15, -0.1) is 0 Å². The van der Waals surface area contributed by atoms with Crippen molar-refractivity contribution in [1.29, 1.82) is 0 Å². The van der Waals surface area contributed by atoms with Crippen LogP contribution in [0.15, 0.2) is 61.2 Å². The van der Waals surface area contributed by atoms with E-state index in [1.165, 1.54) is 11.8 Å².